The number of nitrogens with one attached hydrogen (secondary N) is 1. The number of nitrogens with zero attached hydrogens (tertiary/aromatic N) is 2. The van der Waals surface area contributed by atoms with Crippen LogP contribution in [0.1, 0.15) is 22.4 Å². The molecule has 0 saturated carbocycles. The van der Waals surface area contributed by atoms with Crippen molar-refractivity contribution in [3.05, 3.63) is 70.9 Å². The summed E-state index contributed by atoms with van der Waals surface area (Å²) in [7, 11) is 1.72. The van der Waals surface area contributed by atoms with Crippen molar-refractivity contribution in [1.82, 2.24) is 9.78 Å². The van der Waals surface area contributed by atoms with E-state index >= 15 is 0 Å². The highest BCUT2D eigenvalue weighted by Gasteiger charge is 2.24. The quantitative estimate of drug-likeness (QED) is 0.796. The molecule has 1 aliphatic heterocycles. The molecule has 1 aliphatic rings. The Morgan fingerprint density at radius 1 is 1.12 bits per heavy atom. The Labute approximate surface area is 142 Å². The van der Waals surface area contributed by atoms with E-state index in [0.29, 0.717) is 0 Å². The molecule has 2 aromatic carbocycles. The molecule has 122 valence electrons. The summed E-state index contributed by atoms with van der Waals surface area (Å²) in [6.07, 6.45) is 1.80. The first-order valence-corrected chi connectivity index (χ1v) is 8.30. The summed E-state index contributed by atoms with van der Waals surface area (Å²) in [5, 5.41) is 8.43. The van der Waals surface area contributed by atoms with Gasteiger partial charge in [-0.1, -0.05) is 36.4 Å². The Morgan fingerprint density at radius 2 is 1.92 bits per heavy atom. The molecular formula is C20H21N3O. The summed E-state index contributed by atoms with van der Waals surface area (Å²) in [5.74, 6) is 2.05. The number of rotatable bonds is 4. The molecule has 0 amide bonds. The molecule has 0 unspecified atom stereocenters. The summed E-state index contributed by atoms with van der Waals surface area (Å²) in [6.45, 7) is 3.09. The third kappa shape index (κ3) is 2.44. The number of hydrogen-bond donors (Lipinski definition) is 1. The third-order valence-corrected chi connectivity index (χ3v) is 4.63. The first kappa shape index (κ1) is 14.8. The minimum atomic E-state index is 0.785. The Morgan fingerprint density at radius 3 is 2.75 bits per heavy atom. The van der Waals surface area contributed by atoms with Crippen LogP contribution in [0.5, 0.6) is 5.75 Å². The van der Waals surface area contributed by atoms with Crippen LogP contribution in [0.4, 0.5) is 5.82 Å². The van der Waals surface area contributed by atoms with E-state index in [-0.39, 0.29) is 0 Å². The molecule has 1 aromatic heterocycles. The molecule has 0 atom stereocenters. The average Bonchev–Trinajstić information content (AvgIpc) is 3.20. The molecule has 4 heteroatoms. The number of hydrogen-bond acceptors (Lipinski definition) is 3. The second-order valence-electron chi connectivity index (χ2n) is 6.14. The fraction of sp³-hybridized carbons (Fsp3) is 0.250. The van der Waals surface area contributed by atoms with Gasteiger partial charge in [-0.3, -0.25) is 0 Å². The SMILES string of the molecule is COc1ccccc1Cc1nn(-c2ccccc2C)c2c1CCN2. The minimum absolute atomic E-state index is 0.785. The lowest BCUT2D eigenvalue weighted by Gasteiger charge is -2.09. The van der Waals surface area contributed by atoms with Crippen LogP contribution in [-0.4, -0.2) is 23.4 Å². The summed E-state index contributed by atoms with van der Waals surface area (Å²) < 4.78 is 7.56. The normalized spacial score (nSPS) is 12.8. The molecule has 1 N–H and O–H groups in total. The maximum atomic E-state index is 5.50. The lowest BCUT2D eigenvalue weighted by Crippen LogP contribution is -2.06. The zero-order chi connectivity index (χ0) is 16.5. The Bertz CT molecular complexity index is 882. The van der Waals surface area contributed by atoms with E-state index in [0.717, 1.165) is 42.3 Å². The number of aryl methyl sites for hydroxylation is 1. The third-order valence-electron chi connectivity index (χ3n) is 4.63. The molecule has 4 rings (SSSR count). The van der Waals surface area contributed by atoms with Gasteiger partial charge in [0.2, 0.25) is 0 Å². The van der Waals surface area contributed by atoms with E-state index in [1.54, 1.807) is 7.11 Å². The Hall–Kier alpha value is -2.75. The lowest BCUT2D eigenvalue weighted by atomic mass is 10.0. The van der Waals surface area contributed by atoms with Gasteiger partial charge in [0.1, 0.15) is 11.6 Å². The van der Waals surface area contributed by atoms with Crippen molar-refractivity contribution in [2.45, 2.75) is 19.8 Å². The highest BCUT2D eigenvalue weighted by Crippen LogP contribution is 2.32. The molecular weight excluding hydrogens is 298 g/mol. The number of anilines is 1. The summed E-state index contributed by atoms with van der Waals surface area (Å²) in [6, 6.07) is 16.5. The number of para-hydroxylation sites is 2. The molecule has 0 bridgehead atoms. The monoisotopic (exact) mass is 319 g/mol. The van der Waals surface area contributed by atoms with Crippen molar-refractivity contribution in [1.29, 1.82) is 0 Å². The molecule has 3 aromatic rings. The van der Waals surface area contributed by atoms with Gasteiger partial charge >= 0.3 is 0 Å². The van der Waals surface area contributed by atoms with Crippen molar-refractivity contribution in [3.8, 4) is 11.4 Å². The van der Waals surface area contributed by atoms with E-state index in [2.05, 4.69) is 53.3 Å². The van der Waals surface area contributed by atoms with Crippen LogP contribution in [0.15, 0.2) is 48.5 Å². The number of fused-ring (bicyclic) bond motifs is 1. The van der Waals surface area contributed by atoms with Gasteiger partial charge in [-0.25, -0.2) is 4.68 Å². The topological polar surface area (TPSA) is 39.1 Å². The number of methoxy groups -OCH3 is 1. The average molecular weight is 319 g/mol. The van der Waals surface area contributed by atoms with Crippen molar-refractivity contribution in [3.63, 3.8) is 0 Å². The molecule has 0 spiro atoms. The van der Waals surface area contributed by atoms with E-state index in [1.807, 2.05) is 12.1 Å². The van der Waals surface area contributed by atoms with Gasteiger partial charge in [-0.2, -0.15) is 5.10 Å². The van der Waals surface area contributed by atoms with Crippen molar-refractivity contribution < 1.29 is 4.74 Å². The van der Waals surface area contributed by atoms with E-state index in [1.165, 1.54) is 16.7 Å². The molecule has 0 radical (unpaired) electrons. The van der Waals surface area contributed by atoms with Crippen LogP contribution >= 0.6 is 0 Å². The van der Waals surface area contributed by atoms with Crippen LogP contribution in [0.3, 0.4) is 0 Å². The van der Waals surface area contributed by atoms with Crippen LogP contribution in [0.25, 0.3) is 5.69 Å². The van der Waals surface area contributed by atoms with Crippen LogP contribution in [0.2, 0.25) is 0 Å². The first-order chi connectivity index (χ1) is 11.8. The number of ether oxygens (including phenoxy) is 1. The maximum absolute atomic E-state index is 5.50. The smallest absolute Gasteiger partial charge is 0.133 e. The zero-order valence-electron chi connectivity index (χ0n) is 14.0. The van der Waals surface area contributed by atoms with Gasteiger partial charge in [-0.15, -0.1) is 0 Å². The Kier molecular flexibility index (Phi) is 3.73. The lowest BCUT2D eigenvalue weighted by molar-refractivity contribution is 0.410. The molecule has 4 nitrogen and oxygen atoms in total. The molecule has 0 aliphatic carbocycles. The number of aromatic nitrogens is 2. The van der Waals surface area contributed by atoms with Gasteiger partial charge in [0.15, 0.2) is 0 Å². The predicted molar refractivity (Wildman–Crippen MR) is 96.3 cm³/mol. The minimum Gasteiger partial charge on any atom is -0.496 e. The van der Waals surface area contributed by atoms with Gasteiger partial charge in [0.05, 0.1) is 18.5 Å². The second kappa shape index (κ2) is 6.04. The predicted octanol–water partition coefficient (Wildman–Crippen LogP) is 3.75. The van der Waals surface area contributed by atoms with Crippen molar-refractivity contribution >= 4 is 5.82 Å². The van der Waals surface area contributed by atoms with Gasteiger partial charge in [-0.05, 0) is 31.0 Å². The molecule has 0 saturated heterocycles. The van der Waals surface area contributed by atoms with Crippen LogP contribution < -0.4 is 10.1 Å². The summed E-state index contributed by atoms with van der Waals surface area (Å²) in [4.78, 5) is 0. The fourth-order valence-electron chi connectivity index (χ4n) is 3.39. The summed E-state index contributed by atoms with van der Waals surface area (Å²) in [5.41, 5.74) is 5.98. The van der Waals surface area contributed by atoms with E-state index in [9.17, 15) is 0 Å². The van der Waals surface area contributed by atoms with Crippen LogP contribution in [0, 0.1) is 6.92 Å². The standard InChI is InChI=1S/C20H21N3O/c1-14-7-3-5-9-18(14)23-20-16(11-12-21-20)17(22-23)13-15-8-4-6-10-19(15)24-2/h3-10,21H,11-13H2,1-2H3. The van der Waals surface area contributed by atoms with Crippen LogP contribution in [-0.2, 0) is 12.8 Å². The van der Waals surface area contributed by atoms with E-state index in [4.69, 9.17) is 9.84 Å². The van der Waals surface area contributed by atoms with Crippen molar-refractivity contribution in [2.24, 2.45) is 0 Å². The first-order valence-electron chi connectivity index (χ1n) is 8.30. The molecule has 24 heavy (non-hydrogen) atoms. The Balaban J connectivity index is 1.78. The van der Waals surface area contributed by atoms with Gasteiger partial charge in [0.25, 0.3) is 0 Å². The molecule has 0 fully saturated rings. The van der Waals surface area contributed by atoms with Gasteiger partial charge in [0, 0.05) is 24.1 Å². The van der Waals surface area contributed by atoms with Gasteiger partial charge < -0.3 is 10.1 Å². The maximum Gasteiger partial charge on any atom is 0.133 e. The fourth-order valence-corrected chi connectivity index (χ4v) is 3.39. The number of benzene rings is 2. The second-order valence-corrected chi connectivity index (χ2v) is 6.14. The molecule has 2 heterocycles. The largest absolute Gasteiger partial charge is 0.496 e. The van der Waals surface area contributed by atoms with E-state index < -0.39 is 0 Å². The zero-order valence-corrected chi connectivity index (χ0v) is 14.0. The highest BCUT2D eigenvalue weighted by molar-refractivity contribution is 5.59. The highest BCUT2D eigenvalue weighted by atomic mass is 16.5. The van der Waals surface area contributed by atoms with Crippen molar-refractivity contribution in [2.75, 3.05) is 19.0 Å². The summed E-state index contributed by atoms with van der Waals surface area (Å²) >= 11 is 0.